The fraction of sp³-hybridized carbons (Fsp3) is 0. The van der Waals surface area contributed by atoms with Crippen molar-refractivity contribution in [3.05, 3.63) is 212 Å². The second kappa shape index (κ2) is 13.6. The van der Waals surface area contributed by atoms with Gasteiger partial charge in [-0.1, -0.05) is 140 Å². The number of hydrogen-bond donors (Lipinski definition) is 0. The highest BCUT2D eigenvalue weighted by atomic mass is 16.3. The number of rotatable bonds is 6. The van der Waals surface area contributed by atoms with Crippen molar-refractivity contribution in [3.8, 4) is 33.4 Å². The number of para-hydroxylation sites is 4. The molecule has 0 spiro atoms. The van der Waals surface area contributed by atoms with Crippen LogP contribution in [0.15, 0.2) is 226 Å². The van der Waals surface area contributed by atoms with Crippen LogP contribution in [0.4, 0.5) is 17.1 Å². The van der Waals surface area contributed by atoms with Crippen LogP contribution in [0.2, 0.25) is 0 Å². The molecular formula is C58H35NO3. The Bertz CT molecular complexity index is 3710. The first-order valence-corrected chi connectivity index (χ1v) is 21.0. The number of benzene rings is 10. The Morgan fingerprint density at radius 2 is 0.742 bits per heavy atom. The summed E-state index contributed by atoms with van der Waals surface area (Å²) in [6, 6.07) is 75.1. The Morgan fingerprint density at radius 3 is 1.39 bits per heavy atom. The number of fused-ring (bicyclic) bond motifs is 11. The van der Waals surface area contributed by atoms with Gasteiger partial charge in [0.2, 0.25) is 0 Å². The normalized spacial score (nSPS) is 11.9. The molecule has 4 nitrogen and oxygen atoms in total. The average Bonchev–Trinajstić information content (AvgIpc) is 4.03. The molecule has 3 heterocycles. The minimum absolute atomic E-state index is 0.874. The first kappa shape index (κ1) is 34.5. The van der Waals surface area contributed by atoms with E-state index in [4.69, 9.17) is 13.3 Å². The van der Waals surface area contributed by atoms with Crippen molar-refractivity contribution in [1.29, 1.82) is 0 Å². The molecule has 290 valence electrons. The quantitative estimate of drug-likeness (QED) is 0.168. The van der Waals surface area contributed by atoms with E-state index in [1.807, 2.05) is 24.3 Å². The van der Waals surface area contributed by atoms with Gasteiger partial charge in [0.1, 0.15) is 33.5 Å². The minimum atomic E-state index is 0.874. The van der Waals surface area contributed by atoms with E-state index in [0.29, 0.717) is 0 Å². The van der Waals surface area contributed by atoms with E-state index in [9.17, 15) is 0 Å². The van der Waals surface area contributed by atoms with Crippen LogP contribution in [0.25, 0.3) is 110 Å². The molecule has 10 aromatic carbocycles. The molecule has 0 amide bonds. The summed E-state index contributed by atoms with van der Waals surface area (Å²) >= 11 is 0. The van der Waals surface area contributed by atoms with E-state index in [1.165, 1.54) is 0 Å². The molecule has 0 unspecified atom stereocenters. The first-order valence-electron chi connectivity index (χ1n) is 21.0. The molecule has 0 bridgehead atoms. The van der Waals surface area contributed by atoms with Crippen molar-refractivity contribution in [2.75, 3.05) is 4.90 Å². The highest BCUT2D eigenvalue weighted by Crippen LogP contribution is 2.46. The highest BCUT2D eigenvalue weighted by Gasteiger charge is 2.21. The van der Waals surface area contributed by atoms with Gasteiger partial charge in [-0.3, -0.25) is 0 Å². The molecule has 13 rings (SSSR count). The zero-order chi connectivity index (χ0) is 40.7. The number of nitrogens with zero attached hydrogens (tertiary/aromatic N) is 1. The molecule has 0 aliphatic heterocycles. The van der Waals surface area contributed by atoms with Crippen molar-refractivity contribution in [3.63, 3.8) is 0 Å². The Balaban J connectivity index is 0.949. The van der Waals surface area contributed by atoms with Crippen molar-refractivity contribution in [1.82, 2.24) is 0 Å². The number of hydrogen-bond acceptors (Lipinski definition) is 4. The van der Waals surface area contributed by atoms with Crippen LogP contribution >= 0.6 is 0 Å². The van der Waals surface area contributed by atoms with Crippen LogP contribution in [0.3, 0.4) is 0 Å². The lowest BCUT2D eigenvalue weighted by Gasteiger charge is -2.28. The van der Waals surface area contributed by atoms with E-state index in [1.54, 1.807) is 0 Å². The smallest absolute Gasteiger partial charge is 0.143 e. The maximum atomic E-state index is 6.89. The third kappa shape index (κ3) is 5.40. The van der Waals surface area contributed by atoms with E-state index in [0.717, 1.165) is 127 Å². The van der Waals surface area contributed by atoms with Gasteiger partial charge >= 0.3 is 0 Å². The SMILES string of the molecule is c1ccc(N(c2ccc(-c3ccc4c(c3)oc3ccccc34)cc2)c2ccc(-c3ccc4c(c3)oc3ccccc34)cc2)c(-c2cccc3c2oc2c4ccccc4ccc32)c1. The molecule has 0 N–H and O–H groups in total. The lowest BCUT2D eigenvalue weighted by molar-refractivity contribution is 0.668. The molecule has 3 aromatic heterocycles. The summed E-state index contributed by atoms with van der Waals surface area (Å²) < 4.78 is 19.4. The largest absolute Gasteiger partial charge is 0.456 e. The lowest BCUT2D eigenvalue weighted by atomic mass is 9.98. The minimum Gasteiger partial charge on any atom is -0.456 e. The van der Waals surface area contributed by atoms with Crippen LogP contribution in [0, 0.1) is 0 Å². The molecule has 4 heteroatoms. The van der Waals surface area contributed by atoms with Gasteiger partial charge in [0.15, 0.2) is 0 Å². The Labute approximate surface area is 356 Å². The van der Waals surface area contributed by atoms with Crippen molar-refractivity contribution in [2.24, 2.45) is 0 Å². The van der Waals surface area contributed by atoms with Gasteiger partial charge in [0.25, 0.3) is 0 Å². The maximum absolute atomic E-state index is 6.89. The fourth-order valence-electron chi connectivity index (χ4n) is 9.48. The summed E-state index contributed by atoms with van der Waals surface area (Å²) in [5.41, 5.74) is 15.0. The summed E-state index contributed by atoms with van der Waals surface area (Å²) in [5, 5.41) is 8.99. The van der Waals surface area contributed by atoms with Gasteiger partial charge in [-0.15, -0.1) is 0 Å². The molecule has 0 radical (unpaired) electrons. The van der Waals surface area contributed by atoms with E-state index in [2.05, 4.69) is 193 Å². The summed E-state index contributed by atoms with van der Waals surface area (Å²) in [6.45, 7) is 0. The first-order chi connectivity index (χ1) is 30.7. The summed E-state index contributed by atoms with van der Waals surface area (Å²) in [7, 11) is 0. The number of furan rings is 3. The van der Waals surface area contributed by atoms with Gasteiger partial charge in [0.05, 0.1) is 5.69 Å². The topological polar surface area (TPSA) is 42.7 Å². The van der Waals surface area contributed by atoms with E-state index < -0.39 is 0 Å². The molecule has 62 heavy (non-hydrogen) atoms. The van der Waals surface area contributed by atoms with Crippen molar-refractivity contribution >= 4 is 93.7 Å². The molecule has 0 saturated carbocycles. The third-order valence-electron chi connectivity index (χ3n) is 12.5. The second-order valence-corrected chi connectivity index (χ2v) is 16.0. The molecule has 0 aliphatic rings. The molecule has 0 saturated heterocycles. The Morgan fingerprint density at radius 1 is 0.274 bits per heavy atom. The predicted octanol–water partition coefficient (Wildman–Crippen LogP) is 17.0. The highest BCUT2D eigenvalue weighted by molar-refractivity contribution is 6.18. The fourth-order valence-corrected chi connectivity index (χ4v) is 9.48. The van der Waals surface area contributed by atoms with Crippen molar-refractivity contribution in [2.45, 2.75) is 0 Å². The maximum Gasteiger partial charge on any atom is 0.143 e. The average molecular weight is 794 g/mol. The molecular weight excluding hydrogens is 759 g/mol. The van der Waals surface area contributed by atoms with E-state index in [-0.39, 0.29) is 0 Å². The monoisotopic (exact) mass is 793 g/mol. The predicted molar refractivity (Wildman–Crippen MR) is 257 cm³/mol. The molecule has 0 aliphatic carbocycles. The molecule has 13 aromatic rings. The Kier molecular flexibility index (Phi) is 7.57. The number of anilines is 3. The van der Waals surface area contributed by atoms with Gasteiger partial charge < -0.3 is 18.2 Å². The second-order valence-electron chi connectivity index (χ2n) is 16.0. The van der Waals surface area contributed by atoms with Crippen LogP contribution in [-0.4, -0.2) is 0 Å². The van der Waals surface area contributed by atoms with Gasteiger partial charge in [0, 0.05) is 60.2 Å². The lowest BCUT2D eigenvalue weighted by Crippen LogP contribution is -2.11. The zero-order valence-corrected chi connectivity index (χ0v) is 33.4. The van der Waals surface area contributed by atoms with Crippen LogP contribution in [0.5, 0.6) is 0 Å². The van der Waals surface area contributed by atoms with Crippen LogP contribution in [0.1, 0.15) is 0 Å². The van der Waals surface area contributed by atoms with Crippen LogP contribution < -0.4 is 4.90 Å². The van der Waals surface area contributed by atoms with Gasteiger partial charge in [-0.05, 0) is 100 Å². The van der Waals surface area contributed by atoms with Gasteiger partial charge in [-0.25, -0.2) is 0 Å². The standard InChI is InChI=1S/C58H35NO3/c1-2-11-43-38(10-1)24-33-51-50-16-9-15-49(58(50)62-57(43)51)44-12-3-6-17-52(44)59(41-27-20-36(21-28-41)39-25-31-47-45-13-4-7-18-53(45)60-55(47)34-39)42-29-22-37(23-30-42)40-26-32-48-46-14-5-8-19-54(46)61-56(48)35-40/h1-35H. The third-order valence-corrected chi connectivity index (χ3v) is 12.5. The summed E-state index contributed by atoms with van der Waals surface area (Å²) in [5.74, 6) is 0. The molecule has 0 fully saturated rings. The summed E-state index contributed by atoms with van der Waals surface area (Å²) in [4.78, 5) is 2.35. The van der Waals surface area contributed by atoms with E-state index >= 15 is 0 Å². The zero-order valence-electron chi connectivity index (χ0n) is 33.4. The van der Waals surface area contributed by atoms with Gasteiger partial charge in [-0.2, -0.15) is 0 Å². The Hall–Kier alpha value is -8.34. The summed E-state index contributed by atoms with van der Waals surface area (Å²) in [6.07, 6.45) is 0. The molecule has 0 atom stereocenters. The van der Waals surface area contributed by atoms with Crippen LogP contribution in [-0.2, 0) is 0 Å². The van der Waals surface area contributed by atoms with Crippen molar-refractivity contribution < 1.29 is 13.3 Å².